The quantitative estimate of drug-likeness (QED) is 0.479. The molecule has 0 saturated heterocycles. The van der Waals surface area contributed by atoms with Crippen LogP contribution in [-0.4, -0.2) is 41.3 Å². The molecule has 0 heterocycles. The molecule has 29 heavy (non-hydrogen) atoms. The molecule has 0 aliphatic rings. The predicted molar refractivity (Wildman–Crippen MR) is 112 cm³/mol. The molecule has 8 nitrogen and oxygen atoms in total. The fourth-order valence-electron chi connectivity index (χ4n) is 2.93. The fraction of sp³-hybridized carbons (Fsp3) is 0.300. The van der Waals surface area contributed by atoms with E-state index in [0.29, 0.717) is 18.7 Å². The van der Waals surface area contributed by atoms with Crippen LogP contribution in [0.1, 0.15) is 25.5 Å². The largest absolute Gasteiger partial charge is 0.355 e. The highest BCUT2D eigenvalue weighted by atomic mass is 35.5. The van der Waals surface area contributed by atoms with Crippen LogP contribution in [0.15, 0.2) is 48.5 Å². The van der Waals surface area contributed by atoms with Crippen LogP contribution in [0.3, 0.4) is 0 Å². The van der Waals surface area contributed by atoms with Crippen molar-refractivity contribution in [1.82, 2.24) is 10.2 Å². The average molecular weight is 419 g/mol. The van der Waals surface area contributed by atoms with Crippen LogP contribution >= 0.6 is 11.6 Å². The lowest BCUT2D eigenvalue weighted by atomic mass is 10.0. The first kappa shape index (κ1) is 22.3. The van der Waals surface area contributed by atoms with E-state index >= 15 is 0 Å². The molecule has 0 radical (unpaired) electrons. The summed E-state index contributed by atoms with van der Waals surface area (Å²) < 4.78 is 0. The second kappa shape index (κ2) is 10.5. The maximum atomic E-state index is 13.1. The number of amides is 2. The van der Waals surface area contributed by atoms with Crippen molar-refractivity contribution in [2.45, 2.75) is 19.9 Å². The first-order chi connectivity index (χ1) is 13.9. The Kier molecular flexibility index (Phi) is 8.11. The minimum atomic E-state index is -0.751. The first-order valence-corrected chi connectivity index (χ1v) is 9.55. The molecule has 154 valence electrons. The Bertz CT molecular complexity index is 876. The Morgan fingerprint density at radius 3 is 2.45 bits per heavy atom. The Balaban J connectivity index is 2.33. The highest BCUT2D eigenvalue weighted by Crippen LogP contribution is 2.29. The monoisotopic (exact) mass is 418 g/mol. The van der Waals surface area contributed by atoms with Gasteiger partial charge < -0.3 is 10.6 Å². The molecular weight excluding hydrogens is 396 g/mol. The molecule has 9 heteroatoms. The van der Waals surface area contributed by atoms with Crippen LogP contribution in [0, 0.1) is 10.1 Å². The number of anilines is 1. The molecular formula is C20H23ClN4O4. The number of nitro benzene ring substituents is 1. The van der Waals surface area contributed by atoms with Crippen LogP contribution in [0.5, 0.6) is 0 Å². The predicted octanol–water partition coefficient (Wildman–Crippen LogP) is 3.39. The summed E-state index contributed by atoms with van der Waals surface area (Å²) in [5.41, 5.74) is 0.663. The van der Waals surface area contributed by atoms with Crippen molar-refractivity contribution in [2.75, 3.05) is 25.0 Å². The molecule has 0 bridgehead atoms. The summed E-state index contributed by atoms with van der Waals surface area (Å²) in [5.74, 6) is -0.593. The number of benzene rings is 2. The molecule has 0 saturated carbocycles. The van der Waals surface area contributed by atoms with Gasteiger partial charge in [0.25, 0.3) is 5.69 Å². The third-order valence-electron chi connectivity index (χ3n) is 4.27. The molecule has 2 N–H and O–H groups in total. The lowest BCUT2D eigenvalue weighted by molar-refractivity contribution is -0.384. The van der Waals surface area contributed by atoms with Crippen molar-refractivity contribution in [2.24, 2.45) is 0 Å². The van der Waals surface area contributed by atoms with Crippen LogP contribution in [0.25, 0.3) is 0 Å². The average Bonchev–Trinajstić information content (AvgIpc) is 2.69. The summed E-state index contributed by atoms with van der Waals surface area (Å²) in [6.45, 7) is 4.66. The fourth-order valence-corrected chi connectivity index (χ4v) is 3.11. The van der Waals surface area contributed by atoms with Gasteiger partial charge in [0, 0.05) is 18.3 Å². The number of hydrogen-bond acceptors (Lipinski definition) is 5. The highest BCUT2D eigenvalue weighted by Gasteiger charge is 2.28. The van der Waals surface area contributed by atoms with Crippen LogP contribution in [0.2, 0.25) is 5.02 Å². The van der Waals surface area contributed by atoms with Crippen molar-refractivity contribution in [3.05, 3.63) is 69.2 Å². The normalized spacial score (nSPS) is 11.7. The van der Waals surface area contributed by atoms with Gasteiger partial charge in [-0.1, -0.05) is 48.9 Å². The summed E-state index contributed by atoms with van der Waals surface area (Å²) in [7, 11) is 0. The van der Waals surface area contributed by atoms with Crippen LogP contribution < -0.4 is 10.6 Å². The van der Waals surface area contributed by atoms with E-state index in [1.165, 1.54) is 18.2 Å². The van der Waals surface area contributed by atoms with E-state index in [0.717, 1.165) is 0 Å². The van der Waals surface area contributed by atoms with E-state index in [4.69, 9.17) is 11.6 Å². The molecule has 0 aliphatic carbocycles. The van der Waals surface area contributed by atoms with Crippen molar-refractivity contribution >= 4 is 34.8 Å². The number of halogens is 1. The van der Waals surface area contributed by atoms with Crippen molar-refractivity contribution in [3.8, 4) is 0 Å². The lowest BCUT2D eigenvalue weighted by Gasteiger charge is -2.29. The topological polar surface area (TPSA) is 105 Å². The molecule has 0 aromatic heterocycles. The van der Waals surface area contributed by atoms with Crippen molar-refractivity contribution < 1.29 is 14.5 Å². The maximum absolute atomic E-state index is 13.1. The summed E-state index contributed by atoms with van der Waals surface area (Å²) in [4.78, 5) is 37.5. The molecule has 2 rings (SSSR count). The van der Waals surface area contributed by atoms with Gasteiger partial charge in [0.1, 0.15) is 11.1 Å². The van der Waals surface area contributed by atoms with E-state index in [2.05, 4.69) is 10.6 Å². The van der Waals surface area contributed by atoms with Gasteiger partial charge in [-0.05, 0) is 31.2 Å². The molecule has 2 aromatic rings. The van der Waals surface area contributed by atoms with Gasteiger partial charge in [-0.2, -0.15) is 0 Å². The Morgan fingerprint density at radius 2 is 1.86 bits per heavy atom. The van der Waals surface area contributed by atoms with Crippen molar-refractivity contribution in [1.29, 1.82) is 0 Å². The molecule has 0 spiro atoms. The number of nitrogens with one attached hydrogen (secondary N) is 2. The van der Waals surface area contributed by atoms with E-state index in [1.54, 1.807) is 17.0 Å². The smallest absolute Gasteiger partial charge is 0.289 e. The van der Waals surface area contributed by atoms with Gasteiger partial charge in [-0.25, -0.2) is 0 Å². The summed E-state index contributed by atoms with van der Waals surface area (Å²) >= 11 is 5.84. The Morgan fingerprint density at radius 1 is 1.17 bits per heavy atom. The zero-order chi connectivity index (χ0) is 21.4. The van der Waals surface area contributed by atoms with E-state index in [9.17, 15) is 19.7 Å². The molecule has 0 aliphatic heterocycles. The van der Waals surface area contributed by atoms with Gasteiger partial charge in [0.15, 0.2) is 0 Å². The van der Waals surface area contributed by atoms with E-state index in [-0.39, 0.29) is 28.8 Å². The molecule has 2 aromatic carbocycles. The van der Waals surface area contributed by atoms with Gasteiger partial charge in [-0.15, -0.1) is 0 Å². The first-order valence-electron chi connectivity index (χ1n) is 9.17. The summed E-state index contributed by atoms with van der Waals surface area (Å²) in [6, 6.07) is 12.4. The molecule has 0 fully saturated rings. The zero-order valence-electron chi connectivity index (χ0n) is 16.2. The van der Waals surface area contributed by atoms with E-state index in [1.807, 2.05) is 32.0 Å². The lowest BCUT2D eigenvalue weighted by Crippen LogP contribution is -2.43. The zero-order valence-corrected chi connectivity index (χ0v) is 17.0. The number of nitro groups is 1. The van der Waals surface area contributed by atoms with Gasteiger partial charge >= 0.3 is 0 Å². The Labute approximate surface area is 174 Å². The maximum Gasteiger partial charge on any atom is 0.289 e. The van der Waals surface area contributed by atoms with Gasteiger partial charge in [0.2, 0.25) is 11.8 Å². The number of hydrogen-bond donors (Lipinski definition) is 2. The third-order valence-corrected chi connectivity index (χ3v) is 4.59. The minimum absolute atomic E-state index is 0.0148. The second-order valence-electron chi connectivity index (χ2n) is 6.24. The number of rotatable bonds is 9. The number of nitrogens with zero attached hydrogens (tertiary/aromatic N) is 2. The van der Waals surface area contributed by atoms with Gasteiger partial charge in [-0.3, -0.25) is 24.6 Å². The van der Waals surface area contributed by atoms with E-state index < -0.39 is 16.9 Å². The second-order valence-corrected chi connectivity index (χ2v) is 6.65. The standard InChI is InChI=1S/C20H23ClN4O4/c1-3-22-18(26)13-24(4-2)19(14-8-6-5-7-9-14)20(27)23-15-10-11-16(21)17(12-15)25(28)29/h5-12,19H,3-4,13H2,1-2H3,(H,22,26)(H,23,27)/t19-/m1/s1. The number of carbonyl (C=O) groups excluding carboxylic acids is 2. The van der Waals surface area contributed by atoms with Gasteiger partial charge in [0.05, 0.1) is 11.5 Å². The highest BCUT2D eigenvalue weighted by molar-refractivity contribution is 6.32. The summed E-state index contributed by atoms with van der Waals surface area (Å²) in [5, 5.41) is 16.5. The minimum Gasteiger partial charge on any atom is -0.355 e. The molecule has 1 atom stereocenters. The van der Waals surface area contributed by atoms with Crippen LogP contribution in [0.4, 0.5) is 11.4 Å². The number of likely N-dealkylation sites (N-methyl/N-ethyl adjacent to an activating group) is 2. The third kappa shape index (κ3) is 6.00. The summed E-state index contributed by atoms with van der Waals surface area (Å²) in [6.07, 6.45) is 0. The van der Waals surface area contributed by atoms with Crippen LogP contribution in [-0.2, 0) is 9.59 Å². The molecule has 2 amide bonds. The number of carbonyl (C=O) groups is 2. The van der Waals surface area contributed by atoms with Crippen molar-refractivity contribution in [3.63, 3.8) is 0 Å². The molecule has 0 unspecified atom stereocenters. The SMILES string of the molecule is CCNC(=O)CN(CC)[C@@H](C(=O)Nc1ccc(Cl)c([N+](=O)[O-])c1)c1ccccc1. The Hall–Kier alpha value is -2.97.